The zero-order valence-electron chi connectivity index (χ0n) is 15.5. The summed E-state index contributed by atoms with van der Waals surface area (Å²) in [5.41, 5.74) is 2.07. The monoisotopic (exact) mass is 353 g/mol. The number of esters is 1. The Labute approximate surface area is 154 Å². The Morgan fingerprint density at radius 1 is 1.27 bits per heavy atom. The maximum Gasteiger partial charge on any atom is 0.338 e. The van der Waals surface area contributed by atoms with Crippen molar-refractivity contribution in [3.8, 4) is 0 Å². The molecule has 0 amide bonds. The second-order valence-electron chi connectivity index (χ2n) is 9.64. The summed E-state index contributed by atoms with van der Waals surface area (Å²) in [5, 5.41) is 11.1. The lowest BCUT2D eigenvalue weighted by atomic mass is 9.45. The lowest BCUT2D eigenvalue weighted by molar-refractivity contribution is -0.272. The predicted molar refractivity (Wildman–Crippen MR) is 96.9 cm³/mol. The lowest BCUT2D eigenvalue weighted by Crippen LogP contribution is -2.80. The van der Waals surface area contributed by atoms with E-state index in [-0.39, 0.29) is 17.4 Å². The molecule has 1 N–H and O–H groups in total. The van der Waals surface area contributed by atoms with Gasteiger partial charge in [-0.25, -0.2) is 4.79 Å². The smallest absolute Gasteiger partial charge is 0.338 e. The molecule has 4 bridgehead atoms. The highest BCUT2D eigenvalue weighted by atomic mass is 16.6. The van der Waals surface area contributed by atoms with Gasteiger partial charge in [0.2, 0.25) is 0 Å². The molecule has 1 aromatic rings. The number of likely N-dealkylation sites (tertiary alicyclic amines) is 1. The molecule has 6 aliphatic rings. The van der Waals surface area contributed by atoms with Gasteiger partial charge in [-0.3, -0.25) is 4.90 Å². The first-order valence-corrected chi connectivity index (χ1v) is 10.3. The van der Waals surface area contributed by atoms with Crippen molar-refractivity contribution in [1.29, 1.82) is 0 Å². The van der Waals surface area contributed by atoms with Crippen LogP contribution in [0.4, 0.5) is 0 Å². The zero-order valence-corrected chi connectivity index (χ0v) is 15.5. The molecule has 3 aliphatic heterocycles. The van der Waals surface area contributed by atoms with Crippen LogP contribution in [-0.2, 0) is 21.4 Å². The first-order valence-electron chi connectivity index (χ1n) is 10.3. The van der Waals surface area contributed by atoms with Crippen LogP contribution in [0.5, 0.6) is 0 Å². The maximum absolute atomic E-state index is 12.7. The summed E-state index contributed by atoms with van der Waals surface area (Å²) in [7, 11) is 0. The fourth-order valence-corrected chi connectivity index (χ4v) is 6.72. The van der Waals surface area contributed by atoms with Crippen LogP contribution in [0.15, 0.2) is 18.2 Å². The molecule has 4 heteroatoms. The Bertz CT molecular complexity index is 818. The van der Waals surface area contributed by atoms with Gasteiger partial charge in [0.1, 0.15) is 5.60 Å². The summed E-state index contributed by atoms with van der Waals surface area (Å²) < 4.78 is 6.24. The van der Waals surface area contributed by atoms with Gasteiger partial charge in [-0.2, -0.15) is 0 Å². The molecule has 3 aliphatic carbocycles. The largest absolute Gasteiger partial charge is 0.454 e. The van der Waals surface area contributed by atoms with Gasteiger partial charge in [0.15, 0.2) is 5.60 Å². The van der Waals surface area contributed by atoms with Gasteiger partial charge < -0.3 is 9.84 Å². The molecule has 1 spiro atoms. The van der Waals surface area contributed by atoms with Gasteiger partial charge in [-0.15, -0.1) is 0 Å². The molecule has 1 unspecified atom stereocenters. The van der Waals surface area contributed by atoms with Crippen molar-refractivity contribution < 1.29 is 14.6 Å². The van der Waals surface area contributed by atoms with E-state index in [4.69, 9.17) is 4.74 Å². The third-order valence-electron chi connectivity index (χ3n) is 8.16. The van der Waals surface area contributed by atoms with Gasteiger partial charge in [0, 0.05) is 18.4 Å². The van der Waals surface area contributed by atoms with Gasteiger partial charge in [0.25, 0.3) is 0 Å². The summed E-state index contributed by atoms with van der Waals surface area (Å²) >= 11 is 0. The van der Waals surface area contributed by atoms with Crippen molar-refractivity contribution in [3.05, 3.63) is 34.9 Å². The van der Waals surface area contributed by atoms with E-state index in [2.05, 4.69) is 30.0 Å². The van der Waals surface area contributed by atoms with Crippen LogP contribution in [0.25, 0.3) is 0 Å². The Morgan fingerprint density at radius 3 is 2.88 bits per heavy atom. The predicted octanol–water partition coefficient (Wildman–Crippen LogP) is 2.48. The summed E-state index contributed by atoms with van der Waals surface area (Å²) in [6.07, 6.45) is 6.55. The fraction of sp³-hybridized carbons (Fsp3) is 0.682. The van der Waals surface area contributed by atoms with Crippen LogP contribution in [0.2, 0.25) is 0 Å². The molecule has 7 rings (SSSR count). The third-order valence-corrected chi connectivity index (χ3v) is 8.16. The van der Waals surface area contributed by atoms with Crippen molar-refractivity contribution in [2.45, 2.75) is 74.5 Å². The first-order chi connectivity index (χ1) is 12.5. The van der Waals surface area contributed by atoms with Gasteiger partial charge in [-0.1, -0.05) is 23.8 Å². The number of carbonyl (C=O) groups is 1. The van der Waals surface area contributed by atoms with Crippen LogP contribution in [0.1, 0.15) is 55.2 Å². The zero-order chi connectivity index (χ0) is 17.7. The third kappa shape index (κ3) is 1.75. The Kier molecular flexibility index (Phi) is 2.84. The minimum Gasteiger partial charge on any atom is -0.454 e. The molecule has 4 atom stereocenters. The van der Waals surface area contributed by atoms with Crippen LogP contribution in [-0.4, -0.2) is 46.3 Å². The molecule has 2 saturated carbocycles. The summed E-state index contributed by atoms with van der Waals surface area (Å²) in [4.78, 5) is 15.3. The minimum absolute atomic E-state index is 0.210. The molecule has 4 nitrogen and oxygen atoms in total. The second-order valence-corrected chi connectivity index (χ2v) is 9.64. The number of hydrogen-bond donors (Lipinski definition) is 1. The fourth-order valence-electron chi connectivity index (χ4n) is 6.72. The number of hydrogen-bond acceptors (Lipinski definition) is 4. The van der Waals surface area contributed by atoms with Crippen molar-refractivity contribution >= 4 is 5.97 Å². The molecule has 26 heavy (non-hydrogen) atoms. The summed E-state index contributed by atoms with van der Waals surface area (Å²) in [6, 6.07) is 7.06. The molecule has 0 radical (unpaired) electrons. The highest BCUT2D eigenvalue weighted by Crippen LogP contribution is 2.65. The molecular weight excluding hydrogens is 326 g/mol. The maximum atomic E-state index is 12.7. The lowest BCUT2D eigenvalue weighted by Gasteiger charge is -2.69. The topological polar surface area (TPSA) is 49.8 Å². The molecule has 3 saturated heterocycles. The molecule has 0 aromatic heterocycles. The minimum atomic E-state index is -1.29. The highest BCUT2D eigenvalue weighted by molar-refractivity contribution is 5.83. The van der Waals surface area contributed by atoms with E-state index >= 15 is 0 Å². The van der Waals surface area contributed by atoms with Crippen molar-refractivity contribution in [2.24, 2.45) is 5.92 Å². The summed E-state index contributed by atoms with van der Waals surface area (Å²) in [6.45, 7) is 4.34. The SMILES string of the molecule is Cc1ccc2c(c1)[C@]13CCN(CC4CC4)[C@H](C2)[C@]12CCC(O)(C3)C(=O)O2. The van der Waals surface area contributed by atoms with E-state index < -0.39 is 11.2 Å². The standard InChI is InChI=1S/C22H27NO3/c1-14-2-5-16-11-18-22-7-6-21(25,19(24)26-22)13-20(22,17(16)10-14)8-9-23(18)12-15-3-4-15/h2,5,10,15,18,25H,3-4,6-9,11-13H2,1H3/t18-,20-,21?,22-/m1/s1. The van der Waals surface area contributed by atoms with E-state index in [0.717, 1.165) is 38.3 Å². The quantitative estimate of drug-likeness (QED) is 0.830. The number of carbonyl (C=O) groups excluding carboxylic acids is 1. The van der Waals surface area contributed by atoms with Crippen LogP contribution >= 0.6 is 0 Å². The normalized spacial score (nSPS) is 43.6. The number of aliphatic hydroxyl groups is 1. The second kappa shape index (κ2) is 4.71. The van der Waals surface area contributed by atoms with Crippen LogP contribution in [0.3, 0.4) is 0 Å². The molecule has 5 fully saturated rings. The van der Waals surface area contributed by atoms with E-state index in [0.29, 0.717) is 12.8 Å². The van der Waals surface area contributed by atoms with Gasteiger partial charge in [0.05, 0.1) is 6.04 Å². The van der Waals surface area contributed by atoms with Gasteiger partial charge in [-0.05, 0) is 69.0 Å². The molecule has 3 heterocycles. The number of fused-ring (bicyclic) bond motifs is 3. The molecule has 138 valence electrons. The van der Waals surface area contributed by atoms with E-state index in [1.165, 1.54) is 29.5 Å². The number of nitrogens with zero attached hydrogens (tertiary/aromatic N) is 1. The van der Waals surface area contributed by atoms with E-state index in [9.17, 15) is 9.90 Å². The number of rotatable bonds is 2. The molecular formula is C22H27NO3. The average molecular weight is 353 g/mol. The number of ether oxygens (including phenoxy) is 1. The van der Waals surface area contributed by atoms with Crippen molar-refractivity contribution in [1.82, 2.24) is 4.90 Å². The van der Waals surface area contributed by atoms with E-state index in [1.807, 2.05) is 0 Å². The van der Waals surface area contributed by atoms with E-state index in [1.54, 1.807) is 0 Å². The van der Waals surface area contributed by atoms with Crippen LogP contribution < -0.4 is 0 Å². The average Bonchev–Trinajstić information content (AvgIpc) is 3.42. The van der Waals surface area contributed by atoms with Crippen LogP contribution in [0, 0.1) is 12.8 Å². The Hall–Kier alpha value is -1.39. The number of benzene rings is 1. The van der Waals surface area contributed by atoms with Crippen molar-refractivity contribution in [2.75, 3.05) is 13.1 Å². The molecule has 1 aromatic carbocycles. The Balaban J connectivity index is 1.55. The first kappa shape index (κ1) is 15.6. The summed E-state index contributed by atoms with van der Waals surface area (Å²) in [5.74, 6) is 0.465. The van der Waals surface area contributed by atoms with Gasteiger partial charge >= 0.3 is 5.97 Å². The number of piperidine rings is 1. The highest BCUT2D eigenvalue weighted by Gasteiger charge is 2.74. The van der Waals surface area contributed by atoms with Crippen molar-refractivity contribution in [3.63, 3.8) is 0 Å². The Morgan fingerprint density at radius 2 is 2.12 bits per heavy atom. The number of aryl methyl sites for hydroxylation is 1.